The molecule has 0 saturated heterocycles. The second-order valence-electron chi connectivity index (χ2n) is 5.14. The van der Waals surface area contributed by atoms with E-state index in [-0.39, 0.29) is 29.8 Å². The molecule has 0 aliphatic heterocycles. The third-order valence-electron chi connectivity index (χ3n) is 3.19. The fourth-order valence-electron chi connectivity index (χ4n) is 1.99. The first-order valence-corrected chi connectivity index (χ1v) is 7.52. The van der Waals surface area contributed by atoms with Gasteiger partial charge in [0.1, 0.15) is 5.82 Å². The number of hydrogen-bond donors (Lipinski definition) is 2. The molecule has 2 N–H and O–H groups in total. The van der Waals surface area contributed by atoms with Crippen molar-refractivity contribution in [3.8, 4) is 0 Å². The second-order valence-corrected chi connectivity index (χ2v) is 5.14. The van der Waals surface area contributed by atoms with Gasteiger partial charge in [-0.15, -0.1) is 24.0 Å². The molecule has 0 heterocycles. The van der Waals surface area contributed by atoms with E-state index in [0.717, 1.165) is 50.7 Å². The molecule has 23 heavy (non-hydrogen) atoms. The molecule has 0 aliphatic rings. The number of aliphatic imine (C=N–C) groups is 1. The first kappa shape index (κ1) is 22.1. The highest BCUT2D eigenvalue weighted by Gasteiger charge is 2.02. The topological polar surface area (TPSA) is 48.9 Å². The third kappa shape index (κ3) is 10.5. The Morgan fingerprint density at radius 1 is 1.22 bits per heavy atom. The lowest BCUT2D eigenvalue weighted by molar-refractivity contribution is 0.195. The molecule has 0 fully saturated rings. The minimum absolute atomic E-state index is 0. The Bertz CT molecular complexity index is 442. The number of methoxy groups -OCH3 is 1. The summed E-state index contributed by atoms with van der Waals surface area (Å²) in [6, 6.07) is 6.62. The average Bonchev–Trinajstić information content (AvgIpc) is 2.52. The third-order valence-corrected chi connectivity index (χ3v) is 3.19. The first-order chi connectivity index (χ1) is 10.7. The van der Waals surface area contributed by atoms with Gasteiger partial charge in [0.05, 0.1) is 0 Å². The minimum Gasteiger partial charge on any atom is -0.385 e. The van der Waals surface area contributed by atoms with Crippen LogP contribution < -0.4 is 10.6 Å². The van der Waals surface area contributed by atoms with Crippen molar-refractivity contribution in [2.24, 2.45) is 4.99 Å². The lowest BCUT2D eigenvalue weighted by atomic mass is 10.2. The van der Waals surface area contributed by atoms with Crippen molar-refractivity contribution >= 4 is 29.9 Å². The van der Waals surface area contributed by atoms with E-state index in [0.29, 0.717) is 0 Å². The monoisotopic (exact) mass is 438 g/mol. The molecule has 0 aromatic heterocycles. The zero-order valence-electron chi connectivity index (χ0n) is 14.1. The maximum atomic E-state index is 12.9. The number of ether oxygens (including phenoxy) is 1. The number of benzene rings is 1. The highest BCUT2D eigenvalue weighted by Crippen LogP contribution is 2.04. The number of nitrogens with zero attached hydrogens (tertiary/aromatic N) is 2. The van der Waals surface area contributed by atoms with Crippen molar-refractivity contribution in [3.63, 3.8) is 0 Å². The summed E-state index contributed by atoms with van der Waals surface area (Å²) in [5, 5.41) is 6.50. The number of rotatable bonds is 9. The second kappa shape index (κ2) is 13.5. The summed E-state index contributed by atoms with van der Waals surface area (Å²) >= 11 is 0. The molecular formula is C16H28FIN4O. The zero-order chi connectivity index (χ0) is 16.2. The molecule has 5 nitrogen and oxygen atoms in total. The van der Waals surface area contributed by atoms with Crippen LogP contribution in [0.2, 0.25) is 0 Å². The van der Waals surface area contributed by atoms with Crippen molar-refractivity contribution in [3.05, 3.63) is 35.6 Å². The normalized spacial score (nSPS) is 11.3. The van der Waals surface area contributed by atoms with Gasteiger partial charge in [-0.3, -0.25) is 4.99 Å². The van der Waals surface area contributed by atoms with Gasteiger partial charge in [-0.25, -0.2) is 4.39 Å². The molecule has 0 radical (unpaired) electrons. The number of hydrogen-bond acceptors (Lipinski definition) is 3. The van der Waals surface area contributed by atoms with Crippen LogP contribution in [0.3, 0.4) is 0 Å². The van der Waals surface area contributed by atoms with Gasteiger partial charge < -0.3 is 20.3 Å². The molecule has 1 rings (SSSR count). The van der Waals surface area contributed by atoms with Crippen LogP contribution in [0.1, 0.15) is 12.0 Å². The summed E-state index contributed by atoms with van der Waals surface area (Å²) in [5.41, 5.74) is 1.10. The highest BCUT2D eigenvalue weighted by atomic mass is 127. The zero-order valence-corrected chi connectivity index (χ0v) is 16.5. The Labute approximate surface area is 155 Å². The maximum absolute atomic E-state index is 12.9. The van der Waals surface area contributed by atoms with Crippen LogP contribution in [0, 0.1) is 5.82 Å². The standard InChI is InChI=1S/C16H27FN4O.HI/c1-18-16(19-9-4-12-22-3)20-10-11-21(2)13-14-5-7-15(17)8-6-14;/h5-8H,4,9-13H2,1-3H3,(H2,18,19,20);1H. The van der Waals surface area contributed by atoms with Gasteiger partial charge in [-0.05, 0) is 31.2 Å². The average molecular weight is 438 g/mol. The fraction of sp³-hybridized carbons (Fsp3) is 0.562. The van der Waals surface area contributed by atoms with E-state index in [1.165, 1.54) is 12.1 Å². The lowest BCUT2D eigenvalue weighted by Crippen LogP contribution is -2.41. The van der Waals surface area contributed by atoms with Gasteiger partial charge in [0.15, 0.2) is 5.96 Å². The summed E-state index contributed by atoms with van der Waals surface area (Å²) in [4.78, 5) is 6.35. The Morgan fingerprint density at radius 2 is 1.87 bits per heavy atom. The number of likely N-dealkylation sites (N-methyl/N-ethyl adjacent to an activating group) is 1. The van der Waals surface area contributed by atoms with Crippen molar-refractivity contribution in [1.29, 1.82) is 0 Å². The van der Waals surface area contributed by atoms with Crippen LogP contribution >= 0.6 is 24.0 Å². The maximum Gasteiger partial charge on any atom is 0.191 e. The Hall–Kier alpha value is -0.930. The van der Waals surface area contributed by atoms with Crippen molar-refractivity contribution in [2.45, 2.75) is 13.0 Å². The molecular weight excluding hydrogens is 410 g/mol. The summed E-state index contributed by atoms with van der Waals surface area (Å²) in [5.74, 6) is 0.600. The SMILES string of the molecule is CN=C(NCCCOC)NCCN(C)Cc1ccc(F)cc1.I. The molecule has 0 aliphatic carbocycles. The Morgan fingerprint density at radius 3 is 2.48 bits per heavy atom. The van der Waals surface area contributed by atoms with E-state index in [1.807, 2.05) is 19.2 Å². The van der Waals surface area contributed by atoms with E-state index in [4.69, 9.17) is 4.74 Å². The fourth-order valence-corrected chi connectivity index (χ4v) is 1.99. The largest absolute Gasteiger partial charge is 0.385 e. The molecule has 7 heteroatoms. The minimum atomic E-state index is -0.198. The number of guanidine groups is 1. The molecule has 0 bridgehead atoms. The molecule has 1 aromatic rings. The van der Waals surface area contributed by atoms with Crippen LogP contribution in [-0.2, 0) is 11.3 Å². The van der Waals surface area contributed by atoms with Gasteiger partial charge in [0.25, 0.3) is 0 Å². The summed E-state index contributed by atoms with van der Waals surface area (Å²) in [7, 11) is 5.50. The predicted octanol–water partition coefficient (Wildman–Crippen LogP) is 2.08. The van der Waals surface area contributed by atoms with Gasteiger partial charge >= 0.3 is 0 Å². The molecule has 0 unspecified atom stereocenters. The van der Waals surface area contributed by atoms with E-state index in [9.17, 15) is 4.39 Å². The van der Waals surface area contributed by atoms with Crippen LogP contribution in [-0.4, -0.2) is 58.3 Å². The molecule has 132 valence electrons. The van der Waals surface area contributed by atoms with E-state index < -0.39 is 0 Å². The highest BCUT2D eigenvalue weighted by molar-refractivity contribution is 14.0. The lowest BCUT2D eigenvalue weighted by Gasteiger charge is -2.18. The van der Waals surface area contributed by atoms with Crippen LogP contribution in [0.15, 0.2) is 29.3 Å². The van der Waals surface area contributed by atoms with E-state index >= 15 is 0 Å². The summed E-state index contributed by atoms with van der Waals surface area (Å²) in [6.45, 7) is 4.03. The first-order valence-electron chi connectivity index (χ1n) is 7.52. The van der Waals surface area contributed by atoms with Crippen molar-refractivity contribution < 1.29 is 9.13 Å². The van der Waals surface area contributed by atoms with Crippen molar-refractivity contribution in [2.75, 3.05) is 47.4 Å². The molecule has 0 saturated carbocycles. The van der Waals surface area contributed by atoms with E-state index in [1.54, 1.807) is 14.2 Å². The molecule has 0 spiro atoms. The van der Waals surface area contributed by atoms with Gasteiger partial charge in [-0.1, -0.05) is 12.1 Å². The number of halogens is 2. The van der Waals surface area contributed by atoms with Crippen LogP contribution in [0.4, 0.5) is 4.39 Å². The van der Waals surface area contributed by atoms with Crippen molar-refractivity contribution in [1.82, 2.24) is 15.5 Å². The van der Waals surface area contributed by atoms with Crippen LogP contribution in [0.25, 0.3) is 0 Å². The van der Waals surface area contributed by atoms with E-state index in [2.05, 4.69) is 20.5 Å². The smallest absolute Gasteiger partial charge is 0.191 e. The summed E-state index contributed by atoms with van der Waals surface area (Å²) in [6.07, 6.45) is 0.946. The molecule has 0 atom stereocenters. The molecule has 1 aromatic carbocycles. The quantitative estimate of drug-likeness (QED) is 0.268. The molecule has 0 amide bonds. The van der Waals surface area contributed by atoms with Gasteiger partial charge in [0.2, 0.25) is 0 Å². The van der Waals surface area contributed by atoms with Gasteiger partial charge in [0, 0.05) is 46.9 Å². The number of nitrogens with one attached hydrogen (secondary N) is 2. The Balaban J connectivity index is 0.00000484. The predicted molar refractivity (Wildman–Crippen MR) is 104 cm³/mol. The Kier molecular flexibility index (Phi) is 13.0. The van der Waals surface area contributed by atoms with Gasteiger partial charge in [-0.2, -0.15) is 0 Å². The van der Waals surface area contributed by atoms with Crippen LogP contribution in [0.5, 0.6) is 0 Å². The summed E-state index contributed by atoms with van der Waals surface area (Å²) < 4.78 is 17.9.